The van der Waals surface area contributed by atoms with Crippen LogP contribution in [0.5, 0.6) is 0 Å². The summed E-state index contributed by atoms with van der Waals surface area (Å²) in [6.07, 6.45) is -1.88. The zero-order chi connectivity index (χ0) is 17.1. The van der Waals surface area contributed by atoms with Gasteiger partial charge in [0.1, 0.15) is 0 Å². The number of likely N-dealkylation sites (tertiary alicyclic amines) is 1. The van der Waals surface area contributed by atoms with Gasteiger partial charge in [-0.25, -0.2) is 0 Å². The van der Waals surface area contributed by atoms with Crippen LogP contribution in [0.15, 0.2) is 0 Å². The van der Waals surface area contributed by atoms with Crippen molar-refractivity contribution in [2.45, 2.75) is 44.7 Å². The molecule has 2 rings (SSSR count). The number of carbonyl (C=O) groups excluding carboxylic acids is 1. The lowest BCUT2D eigenvalue weighted by Crippen LogP contribution is -2.47. The number of nitrogens with zero attached hydrogens (tertiary/aromatic N) is 1. The summed E-state index contributed by atoms with van der Waals surface area (Å²) in [7, 11) is 0. The van der Waals surface area contributed by atoms with Gasteiger partial charge in [0.15, 0.2) is 5.41 Å². The van der Waals surface area contributed by atoms with Gasteiger partial charge >= 0.3 is 12.1 Å². The number of carboxylic acids is 1. The van der Waals surface area contributed by atoms with E-state index in [9.17, 15) is 22.8 Å². The number of rotatable bonds is 5. The first-order valence-corrected chi connectivity index (χ1v) is 7.92. The minimum atomic E-state index is -4.85. The number of carboxylic acid groups (broad SMARTS) is 1. The van der Waals surface area contributed by atoms with Gasteiger partial charge < -0.3 is 14.7 Å². The van der Waals surface area contributed by atoms with Crippen LogP contribution in [0.1, 0.15) is 38.5 Å². The fourth-order valence-electron chi connectivity index (χ4n) is 3.28. The molecule has 23 heavy (non-hydrogen) atoms. The number of ether oxygens (including phenoxy) is 1. The molecule has 1 atom stereocenters. The molecule has 0 radical (unpaired) electrons. The van der Waals surface area contributed by atoms with Crippen molar-refractivity contribution >= 4 is 11.9 Å². The summed E-state index contributed by atoms with van der Waals surface area (Å²) in [5.74, 6) is -1.78. The fraction of sp³-hybridized carbons (Fsp3) is 0.867. The SMILES string of the molecule is O=C(CCCC1CCOCC1)N1CCC(C(=O)O)(C(F)(F)F)C1. The Kier molecular flexibility index (Phi) is 5.54. The Morgan fingerprint density at radius 2 is 1.91 bits per heavy atom. The molecule has 1 amide bonds. The van der Waals surface area contributed by atoms with E-state index in [4.69, 9.17) is 9.84 Å². The number of hydrogen-bond acceptors (Lipinski definition) is 3. The molecule has 2 heterocycles. The molecule has 2 fully saturated rings. The summed E-state index contributed by atoms with van der Waals surface area (Å²) in [5, 5.41) is 8.98. The topological polar surface area (TPSA) is 66.8 Å². The zero-order valence-electron chi connectivity index (χ0n) is 12.9. The summed E-state index contributed by atoms with van der Waals surface area (Å²) >= 11 is 0. The van der Waals surface area contributed by atoms with Crippen molar-refractivity contribution in [3.8, 4) is 0 Å². The van der Waals surface area contributed by atoms with Crippen LogP contribution in [0.25, 0.3) is 0 Å². The number of alkyl halides is 3. The molecule has 132 valence electrons. The Balaban J connectivity index is 1.83. The normalized spacial score (nSPS) is 26.5. The number of amides is 1. The van der Waals surface area contributed by atoms with Gasteiger partial charge in [-0.15, -0.1) is 0 Å². The van der Waals surface area contributed by atoms with Crippen LogP contribution < -0.4 is 0 Å². The molecule has 0 aromatic carbocycles. The lowest BCUT2D eigenvalue weighted by molar-refractivity contribution is -0.227. The van der Waals surface area contributed by atoms with Gasteiger partial charge in [0.05, 0.1) is 0 Å². The Hall–Kier alpha value is -1.31. The Bertz CT molecular complexity index is 448. The van der Waals surface area contributed by atoms with Gasteiger partial charge in [-0.05, 0) is 38.0 Å². The van der Waals surface area contributed by atoms with Crippen LogP contribution in [-0.4, -0.2) is 54.4 Å². The summed E-state index contributed by atoms with van der Waals surface area (Å²) in [6.45, 7) is 0.513. The molecule has 0 aromatic heterocycles. The van der Waals surface area contributed by atoms with E-state index in [1.807, 2.05) is 0 Å². The van der Waals surface area contributed by atoms with E-state index in [1.54, 1.807) is 0 Å². The maximum atomic E-state index is 13.1. The van der Waals surface area contributed by atoms with Crippen LogP contribution in [-0.2, 0) is 14.3 Å². The van der Waals surface area contributed by atoms with Gasteiger partial charge in [-0.2, -0.15) is 13.2 Å². The van der Waals surface area contributed by atoms with Crippen LogP contribution in [0, 0.1) is 11.3 Å². The molecule has 1 unspecified atom stereocenters. The molecule has 0 spiro atoms. The molecule has 0 aliphatic carbocycles. The molecular weight excluding hydrogens is 315 g/mol. The van der Waals surface area contributed by atoms with Crippen molar-refractivity contribution in [3.63, 3.8) is 0 Å². The number of carbonyl (C=O) groups is 2. The van der Waals surface area contributed by atoms with Gasteiger partial charge in [0.2, 0.25) is 5.91 Å². The largest absolute Gasteiger partial charge is 0.481 e. The van der Waals surface area contributed by atoms with Crippen molar-refractivity contribution in [1.29, 1.82) is 0 Å². The van der Waals surface area contributed by atoms with Crippen molar-refractivity contribution in [2.24, 2.45) is 11.3 Å². The molecule has 2 aliphatic rings. The molecule has 2 saturated heterocycles. The Morgan fingerprint density at radius 3 is 2.43 bits per heavy atom. The minimum absolute atomic E-state index is 0.151. The molecular formula is C15H22F3NO4. The van der Waals surface area contributed by atoms with Crippen molar-refractivity contribution < 1.29 is 32.6 Å². The van der Waals surface area contributed by atoms with Crippen LogP contribution in [0.4, 0.5) is 13.2 Å². The van der Waals surface area contributed by atoms with Gasteiger partial charge in [0.25, 0.3) is 0 Å². The van der Waals surface area contributed by atoms with E-state index in [0.717, 1.165) is 37.4 Å². The lowest BCUT2D eigenvalue weighted by atomic mass is 9.86. The predicted octanol–water partition coefficient (Wildman–Crippen LogP) is 2.45. The second-order valence-electron chi connectivity index (χ2n) is 6.40. The van der Waals surface area contributed by atoms with Crippen LogP contribution >= 0.6 is 0 Å². The highest BCUT2D eigenvalue weighted by Crippen LogP contribution is 2.45. The second kappa shape index (κ2) is 7.07. The van der Waals surface area contributed by atoms with Crippen LogP contribution in [0.2, 0.25) is 0 Å². The molecule has 2 aliphatic heterocycles. The third kappa shape index (κ3) is 3.97. The average Bonchev–Trinajstić information content (AvgIpc) is 2.94. The summed E-state index contributed by atoms with van der Waals surface area (Å²) in [4.78, 5) is 24.2. The fourth-order valence-corrected chi connectivity index (χ4v) is 3.28. The summed E-state index contributed by atoms with van der Waals surface area (Å²) < 4.78 is 44.5. The summed E-state index contributed by atoms with van der Waals surface area (Å²) in [6, 6.07) is 0. The molecule has 8 heteroatoms. The van der Waals surface area contributed by atoms with Crippen LogP contribution in [0.3, 0.4) is 0 Å². The Morgan fingerprint density at radius 1 is 1.26 bits per heavy atom. The van der Waals surface area contributed by atoms with E-state index < -0.39 is 30.5 Å². The van der Waals surface area contributed by atoms with Crippen molar-refractivity contribution in [2.75, 3.05) is 26.3 Å². The second-order valence-corrected chi connectivity index (χ2v) is 6.40. The highest BCUT2D eigenvalue weighted by Gasteiger charge is 2.64. The molecule has 0 saturated carbocycles. The minimum Gasteiger partial charge on any atom is -0.481 e. The van der Waals surface area contributed by atoms with Gasteiger partial charge in [-0.3, -0.25) is 9.59 Å². The average molecular weight is 337 g/mol. The van der Waals surface area contributed by atoms with Crippen molar-refractivity contribution in [3.05, 3.63) is 0 Å². The highest BCUT2D eigenvalue weighted by molar-refractivity contribution is 5.81. The Labute approximate surface area is 132 Å². The third-order valence-electron chi connectivity index (χ3n) is 4.92. The predicted molar refractivity (Wildman–Crippen MR) is 74.7 cm³/mol. The first-order chi connectivity index (χ1) is 10.8. The maximum absolute atomic E-state index is 13.1. The van der Waals surface area contributed by atoms with Gasteiger partial charge in [0, 0.05) is 32.7 Å². The number of aliphatic carboxylic acids is 1. The molecule has 0 bridgehead atoms. The molecule has 5 nitrogen and oxygen atoms in total. The summed E-state index contributed by atoms with van der Waals surface area (Å²) in [5.41, 5.74) is -2.82. The maximum Gasteiger partial charge on any atom is 0.406 e. The van der Waals surface area contributed by atoms with E-state index in [1.165, 1.54) is 0 Å². The molecule has 0 aromatic rings. The van der Waals surface area contributed by atoms with Gasteiger partial charge in [-0.1, -0.05) is 0 Å². The standard InChI is InChI=1S/C15H22F3NO4/c16-15(17,18)14(13(21)22)6-7-19(10-14)12(20)3-1-2-11-4-8-23-9-5-11/h11H,1-10H2,(H,21,22). The van der Waals surface area contributed by atoms with E-state index in [0.29, 0.717) is 12.3 Å². The number of hydrogen-bond donors (Lipinski definition) is 1. The zero-order valence-corrected chi connectivity index (χ0v) is 12.9. The molecule has 1 N–H and O–H groups in total. The quantitative estimate of drug-likeness (QED) is 0.837. The third-order valence-corrected chi connectivity index (χ3v) is 4.92. The first kappa shape index (κ1) is 18.0. The van der Waals surface area contributed by atoms with E-state index in [-0.39, 0.29) is 18.9 Å². The lowest BCUT2D eigenvalue weighted by Gasteiger charge is -2.27. The number of halogens is 3. The monoisotopic (exact) mass is 337 g/mol. The highest BCUT2D eigenvalue weighted by atomic mass is 19.4. The van der Waals surface area contributed by atoms with E-state index >= 15 is 0 Å². The first-order valence-electron chi connectivity index (χ1n) is 7.92. The van der Waals surface area contributed by atoms with E-state index in [2.05, 4.69) is 0 Å². The smallest absolute Gasteiger partial charge is 0.406 e. The van der Waals surface area contributed by atoms with Crippen molar-refractivity contribution in [1.82, 2.24) is 4.90 Å².